The van der Waals surface area contributed by atoms with Crippen LogP contribution in [0.25, 0.3) is 5.69 Å². The number of nitrogens with zero attached hydrogens (tertiary/aromatic N) is 3. The first-order chi connectivity index (χ1) is 13.5. The van der Waals surface area contributed by atoms with Gasteiger partial charge < -0.3 is 4.74 Å². The van der Waals surface area contributed by atoms with Crippen LogP contribution in [0.3, 0.4) is 0 Å². The van der Waals surface area contributed by atoms with Crippen LogP contribution in [-0.4, -0.2) is 29.9 Å². The van der Waals surface area contributed by atoms with E-state index in [2.05, 4.69) is 5.10 Å². The molecule has 0 aliphatic rings. The number of aromatic nitrogens is 2. The molecule has 0 spiro atoms. The molecule has 3 aromatic rings. The van der Waals surface area contributed by atoms with Gasteiger partial charge in [-0.25, -0.2) is 17.9 Å². The predicted molar refractivity (Wildman–Crippen MR) is 102 cm³/mol. The highest BCUT2D eigenvalue weighted by atomic mass is 32.2. The third kappa shape index (κ3) is 5.05. The van der Waals surface area contributed by atoms with E-state index < -0.39 is 21.6 Å². The first-order valence-electron chi connectivity index (χ1n) is 8.39. The molecular weight excluding hydrogens is 378 g/mol. The van der Waals surface area contributed by atoms with Crippen LogP contribution >= 0.6 is 0 Å². The maximum Gasteiger partial charge on any atom is 0.338 e. The molecule has 142 valence electrons. The van der Waals surface area contributed by atoms with Crippen LogP contribution in [0.1, 0.15) is 21.5 Å². The number of sulfone groups is 1. The summed E-state index contributed by atoms with van der Waals surface area (Å²) >= 11 is 0. The summed E-state index contributed by atoms with van der Waals surface area (Å²) in [6.45, 7) is 0.122. The summed E-state index contributed by atoms with van der Waals surface area (Å²) in [6, 6.07) is 17.1. The predicted octanol–water partition coefficient (Wildman–Crippen LogP) is 2.67. The Morgan fingerprint density at radius 3 is 2.36 bits per heavy atom. The number of nitriles is 1. The summed E-state index contributed by atoms with van der Waals surface area (Å²) in [5, 5.41) is 12.7. The van der Waals surface area contributed by atoms with Gasteiger partial charge in [0.05, 0.1) is 23.1 Å². The van der Waals surface area contributed by atoms with E-state index in [0.717, 1.165) is 11.3 Å². The fourth-order valence-electron chi connectivity index (χ4n) is 2.54. The zero-order valence-electron chi connectivity index (χ0n) is 14.9. The Hall–Kier alpha value is -3.44. The maximum absolute atomic E-state index is 12.2. The van der Waals surface area contributed by atoms with Crippen molar-refractivity contribution >= 4 is 15.8 Å². The molecular formula is C20H17N3O4S. The van der Waals surface area contributed by atoms with Gasteiger partial charge in [0.25, 0.3) is 0 Å². The largest absolute Gasteiger partial charge is 0.457 e. The van der Waals surface area contributed by atoms with Gasteiger partial charge in [0.15, 0.2) is 9.84 Å². The first kappa shape index (κ1) is 19.3. The van der Waals surface area contributed by atoms with Gasteiger partial charge in [-0.1, -0.05) is 24.3 Å². The Balaban J connectivity index is 1.57. The van der Waals surface area contributed by atoms with Gasteiger partial charge >= 0.3 is 5.97 Å². The highest BCUT2D eigenvalue weighted by Gasteiger charge is 2.13. The molecule has 0 unspecified atom stereocenters. The second-order valence-electron chi connectivity index (χ2n) is 6.08. The van der Waals surface area contributed by atoms with Gasteiger partial charge in [0.1, 0.15) is 12.4 Å². The molecule has 0 N–H and O–H groups in total. The topological polar surface area (TPSA) is 102 Å². The van der Waals surface area contributed by atoms with Crippen molar-refractivity contribution in [3.63, 3.8) is 0 Å². The maximum atomic E-state index is 12.2. The van der Waals surface area contributed by atoms with Crippen LogP contribution in [-0.2, 0) is 26.9 Å². The van der Waals surface area contributed by atoms with Gasteiger partial charge in [0.2, 0.25) is 0 Å². The van der Waals surface area contributed by atoms with E-state index in [4.69, 9.17) is 10.00 Å². The van der Waals surface area contributed by atoms with E-state index in [9.17, 15) is 13.2 Å². The van der Waals surface area contributed by atoms with Crippen molar-refractivity contribution in [3.05, 3.63) is 83.7 Å². The van der Waals surface area contributed by atoms with Gasteiger partial charge in [-0.3, -0.25) is 0 Å². The number of carbonyl (C=O) groups excluding carboxylic acids is 1. The lowest BCUT2D eigenvalue weighted by Crippen LogP contribution is -2.09. The van der Waals surface area contributed by atoms with Crippen molar-refractivity contribution in [2.45, 2.75) is 12.4 Å². The average Bonchev–Trinajstić information content (AvgIpc) is 3.21. The van der Waals surface area contributed by atoms with E-state index in [1.165, 1.54) is 12.1 Å². The van der Waals surface area contributed by atoms with Crippen molar-refractivity contribution in [2.75, 3.05) is 5.75 Å². The molecule has 0 radical (unpaired) electrons. The minimum absolute atomic E-state index is 0.122. The first-order valence-corrected chi connectivity index (χ1v) is 10.2. The Morgan fingerprint density at radius 2 is 1.75 bits per heavy atom. The summed E-state index contributed by atoms with van der Waals surface area (Å²) in [5.74, 6) is -1.27. The van der Waals surface area contributed by atoms with Gasteiger partial charge in [0, 0.05) is 12.4 Å². The molecule has 28 heavy (non-hydrogen) atoms. The number of esters is 1. The van der Waals surface area contributed by atoms with Gasteiger partial charge in [-0.05, 0) is 41.5 Å². The minimum Gasteiger partial charge on any atom is -0.457 e. The quantitative estimate of drug-likeness (QED) is 0.570. The fraction of sp³-hybridized carbons (Fsp3) is 0.150. The molecule has 7 nitrogen and oxygen atoms in total. The lowest BCUT2D eigenvalue weighted by molar-refractivity contribution is 0.0472. The molecule has 0 amide bonds. The van der Waals surface area contributed by atoms with Crippen LogP contribution in [0.4, 0.5) is 0 Å². The van der Waals surface area contributed by atoms with Crippen molar-refractivity contribution in [1.82, 2.24) is 9.78 Å². The highest BCUT2D eigenvalue weighted by Crippen LogP contribution is 2.13. The molecule has 8 heteroatoms. The number of benzene rings is 2. The molecule has 0 saturated carbocycles. The van der Waals surface area contributed by atoms with E-state index in [-0.39, 0.29) is 12.4 Å². The third-order valence-corrected chi connectivity index (χ3v) is 5.28. The zero-order valence-corrected chi connectivity index (χ0v) is 15.7. The summed E-state index contributed by atoms with van der Waals surface area (Å²) in [5.41, 5.74) is 2.58. The van der Waals surface area contributed by atoms with E-state index in [1.807, 2.05) is 36.5 Å². The van der Waals surface area contributed by atoms with Crippen LogP contribution in [0.2, 0.25) is 0 Å². The minimum atomic E-state index is -3.47. The molecule has 0 aliphatic carbocycles. The fourth-order valence-corrected chi connectivity index (χ4v) is 3.54. The van der Waals surface area contributed by atoms with Crippen molar-refractivity contribution in [2.24, 2.45) is 0 Å². The second-order valence-corrected chi connectivity index (χ2v) is 8.14. The number of rotatable bonds is 7. The van der Waals surface area contributed by atoms with Crippen molar-refractivity contribution < 1.29 is 17.9 Å². The lowest BCUT2D eigenvalue weighted by Gasteiger charge is -2.07. The van der Waals surface area contributed by atoms with Gasteiger partial charge in [-0.15, -0.1) is 0 Å². The average molecular weight is 395 g/mol. The van der Waals surface area contributed by atoms with E-state index in [0.29, 0.717) is 11.1 Å². The Kier molecular flexibility index (Phi) is 5.87. The van der Waals surface area contributed by atoms with Gasteiger partial charge in [-0.2, -0.15) is 10.4 Å². The second kappa shape index (κ2) is 8.50. The molecule has 3 rings (SSSR count). The Bertz CT molecular complexity index is 1080. The molecule has 0 saturated heterocycles. The Labute approximate surface area is 162 Å². The molecule has 0 aliphatic heterocycles. The molecule has 0 atom stereocenters. The van der Waals surface area contributed by atoms with Crippen molar-refractivity contribution in [1.29, 1.82) is 5.26 Å². The molecule has 1 heterocycles. The van der Waals surface area contributed by atoms with Crippen molar-refractivity contribution in [3.8, 4) is 11.8 Å². The third-order valence-electron chi connectivity index (χ3n) is 3.94. The molecule has 2 aromatic carbocycles. The SMILES string of the molecule is N#CCS(=O)(=O)Cc1ccc(C(=O)OCc2ccc(-n3cccn3)cc2)cc1. The monoisotopic (exact) mass is 395 g/mol. The smallest absolute Gasteiger partial charge is 0.338 e. The normalized spacial score (nSPS) is 11.0. The standard InChI is InChI=1S/C20H17N3O4S/c21-10-13-28(25,26)15-17-2-6-18(7-3-17)20(24)27-14-16-4-8-19(9-5-16)23-12-1-11-22-23/h1-9,11-12H,13-15H2. The molecule has 0 bridgehead atoms. The molecule has 0 fully saturated rings. The van der Waals surface area contributed by atoms with Crippen LogP contribution in [0, 0.1) is 11.3 Å². The lowest BCUT2D eigenvalue weighted by atomic mass is 10.1. The van der Waals surface area contributed by atoms with E-state index in [1.54, 1.807) is 29.1 Å². The summed E-state index contributed by atoms with van der Waals surface area (Å²) in [4.78, 5) is 12.2. The number of hydrogen-bond acceptors (Lipinski definition) is 6. The van der Waals surface area contributed by atoms with Crippen LogP contribution < -0.4 is 0 Å². The summed E-state index contributed by atoms with van der Waals surface area (Å²) in [7, 11) is -3.47. The van der Waals surface area contributed by atoms with Crippen LogP contribution in [0.5, 0.6) is 0 Å². The van der Waals surface area contributed by atoms with E-state index >= 15 is 0 Å². The summed E-state index contributed by atoms with van der Waals surface area (Å²) in [6.07, 6.45) is 3.53. The number of ether oxygens (including phenoxy) is 1. The zero-order chi connectivity index (χ0) is 20.0. The highest BCUT2D eigenvalue weighted by molar-refractivity contribution is 7.90. The number of hydrogen-bond donors (Lipinski definition) is 0. The number of carbonyl (C=O) groups is 1. The van der Waals surface area contributed by atoms with Crippen LogP contribution in [0.15, 0.2) is 67.0 Å². The molecule has 1 aromatic heterocycles. The summed E-state index contributed by atoms with van der Waals surface area (Å²) < 4.78 is 30.3. The Morgan fingerprint density at radius 1 is 1.07 bits per heavy atom.